The average molecular weight is 343 g/mol. The highest BCUT2D eigenvalue weighted by molar-refractivity contribution is 5.94. The molecular weight excluding hydrogens is 325 g/mol. The Morgan fingerprint density at radius 3 is 2.92 bits per heavy atom. The molecule has 0 unspecified atom stereocenters. The number of rotatable bonds is 3. The number of hydrogen-bond donors (Lipinski definition) is 1. The SMILES string of the molecule is O=C(N[C@@H]1CN(c2ncc(F)cn2)[C@@H]2CCCO[C@@H]21)c1cccnc1. The molecule has 130 valence electrons. The monoisotopic (exact) mass is 343 g/mol. The van der Waals surface area contributed by atoms with Crippen LogP contribution in [-0.2, 0) is 4.74 Å². The Labute approximate surface area is 144 Å². The summed E-state index contributed by atoms with van der Waals surface area (Å²) in [6.45, 7) is 1.19. The zero-order chi connectivity index (χ0) is 17.2. The van der Waals surface area contributed by atoms with E-state index in [1.807, 2.05) is 4.90 Å². The number of hydrogen-bond acceptors (Lipinski definition) is 6. The van der Waals surface area contributed by atoms with Gasteiger partial charge in [0.25, 0.3) is 5.91 Å². The molecule has 4 heterocycles. The van der Waals surface area contributed by atoms with Crippen LogP contribution in [0.25, 0.3) is 0 Å². The molecule has 2 saturated heterocycles. The van der Waals surface area contributed by atoms with Crippen molar-refractivity contribution in [1.82, 2.24) is 20.3 Å². The van der Waals surface area contributed by atoms with Crippen LogP contribution >= 0.6 is 0 Å². The molecule has 1 N–H and O–H groups in total. The molecule has 0 bridgehead atoms. The molecule has 1 amide bonds. The first-order chi connectivity index (χ1) is 12.2. The summed E-state index contributed by atoms with van der Waals surface area (Å²) in [5, 5.41) is 3.03. The van der Waals surface area contributed by atoms with Crippen molar-refractivity contribution in [2.45, 2.75) is 31.0 Å². The lowest BCUT2D eigenvalue weighted by Gasteiger charge is -2.32. The van der Waals surface area contributed by atoms with Crippen LogP contribution in [0.4, 0.5) is 10.3 Å². The largest absolute Gasteiger partial charge is 0.374 e. The zero-order valence-electron chi connectivity index (χ0n) is 13.5. The van der Waals surface area contributed by atoms with Gasteiger partial charge in [0.05, 0.1) is 36.1 Å². The van der Waals surface area contributed by atoms with Crippen LogP contribution in [-0.4, -0.2) is 52.2 Å². The third kappa shape index (κ3) is 3.17. The van der Waals surface area contributed by atoms with Crippen LogP contribution in [0.2, 0.25) is 0 Å². The molecule has 0 aromatic carbocycles. The van der Waals surface area contributed by atoms with Gasteiger partial charge in [-0.3, -0.25) is 9.78 Å². The Kier molecular flexibility index (Phi) is 4.27. The topological polar surface area (TPSA) is 80.2 Å². The second-order valence-corrected chi connectivity index (χ2v) is 6.22. The summed E-state index contributed by atoms with van der Waals surface area (Å²) in [6, 6.07) is 3.32. The number of fused-ring (bicyclic) bond motifs is 1. The third-order valence-corrected chi connectivity index (χ3v) is 4.63. The van der Waals surface area contributed by atoms with Crippen LogP contribution in [0.5, 0.6) is 0 Å². The molecule has 0 saturated carbocycles. The van der Waals surface area contributed by atoms with Crippen molar-refractivity contribution >= 4 is 11.9 Å². The summed E-state index contributed by atoms with van der Waals surface area (Å²) >= 11 is 0. The minimum atomic E-state index is -0.471. The maximum absolute atomic E-state index is 13.1. The first kappa shape index (κ1) is 15.9. The number of pyridine rings is 1. The quantitative estimate of drug-likeness (QED) is 0.901. The summed E-state index contributed by atoms with van der Waals surface area (Å²) in [5.74, 6) is -0.200. The van der Waals surface area contributed by atoms with E-state index >= 15 is 0 Å². The maximum atomic E-state index is 13.1. The van der Waals surface area contributed by atoms with E-state index in [4.69, 9.17) is 4.74 Å². The Morgan fingerprint density at radius 2 is 2.16 bits per heavy atom. The summed E-state index contributed by atoms with van der Waals surface area (Å²) in [4.78, 5) is 26.6. The van der Waals surface area contributed by atoms with E-state index in [-0.39, 0.29) is 24.1 Å². The van der Waals surface area contributed by atoms with Gasteiger partial charge in [0, 0.05) is 25.5 Å². The van der Waals surface area contributed by atoms with Gasteiger partial charge in [-0.1, -0.05) is 0 Å². The minimum Gasteiger partial charge on any atom is -0.374 e. The highest BCUT2D eigenvalue weighted by Gasteiger charge is 2.45. The number of nitrogens with one attached hydrogen (secondary N) is 1. The molecule has 2 aromatic heterocycles. The van der Waals surface area contributed by atoms with Gasteiger partial charge >= 0.3 is 0 Å². The van der Waals surface area contributed by atoms with Gasteiger partial charge in [0.1, 0.15) is 0 Å². The van der Waals surface area contributed by atoms with Crippen molar-refractivity contribution in [2.24, 2.45) is 0 Å². The standard InChI is InChI=1S/C17H18FN5O2/c18-12-8-20-17(21-9-12)23-10-13(15-14(23)4-2-6-25-15)22-16(24)11-3-1-5-19-7-11/h1,3,5,7-9,13-15H,2,4,6,10H2,(H,22,24)/t13-,14-,15-/m1/s1. The van der Waals surface area contributed by atoms with E-state index in [0.29, 0.717) is 24.7 Å². The molecule has 2 aromatic rings. The maximum Gasteiger partial charge on any atom is 0.253 e. The lowest BCUT2D eigenvalue weighted by Crippen LogP contribution is -2.47. The van der Waals surface area contributed by atoms with E-state index in [1.54, 1.807) is 18.3 Å². The molecule has 8 heteroatoms. The highest BCUT2D eigenvalue weighted by Crippen LogP contribution is 2.31. The molecule has 0 radical (unpaired) electrons. The number of anilines is 1. The molecule has 0 spiro atoms. The van der Waals surface area contributed by atoms with E-state index in [9.17, 15) is 9.18 Å². The number of nitrogens with zero attached hydrogens (tertiary/aromatic N) is 4. The molecule has 2 fully saturated rings. The Balaban J connectivity index is 1.54. The fourth-order valence-electron chi connectivity index (χ4n) is 3.52. The van der Waals surface area contributed by atoms with Gasteiger partial charge < -0.3 is 15.0 Å². The molecular formula is C17H18FN5O2. The van der Waals surface area contributed by atoms with Crippen LogP contribution < -0.4 is 10.2 Å². The van der Waals surface area contributed by atoms with Crippen molar-refractivity contribution in [3.63, 3.8) is 0 Å². The number of carbonyl (C=O) groups is 1. The smallest absolute Gasteiger partial charge is 0.253 e. The van der Waals surface area contributed by atoms with E-state index in [2.05, 4.69) is 20.3 Å². The van der Waals surface area contributed by atoms with Gasteiger partial charge in [0.2, 0.25) is 5.95 Å². The van der Waals surface area contributed by atoms with Gasteiger partial charge in [-0.05, 0) is 25.0 Å². The molecule has 2 aliphatic rings. The molecule has 3 atom stereocenters. The molecule has 7 nitrogen and oxygen atoms in total. The number of ether oxygens (including phenoxy) is 1. The van der Waals surface area contributed by atoms with E-state index in [0.717, 1.165) is 25.2 Å². The van der Waals surface area contributed by atoms with Crippen molar-refractivity contribution in [3.8, 4) is 0 Å². The van der Waals surface area contributed by atoms with Crippen molar-refractivity contribution in [2.75, 3.05) is 18.1 Å². The molecule has 0 aliphatic carbocycles. The van der Waals surface area contributed by atoms with E-state index in [1.165, 1.54) is 6.20 Å². The molecule has 4 rings (SSSR count). The van der Waals surface area contributed by atoms with Crippen LogP contribution in [0, 0.1) is 5.82 Å². The summed E-state index contributed by atoms with van der Waals surface area (Å²) in [7, 11) is 0. The number of carbonyl (C=O) groups excluding carboxylic acids is 1. The Hall–Kier alpha value is -2.61. The molecule has 2 aliphatic heterocycles. The second-order valence-electron chi connectivity index (χ2n) is 6.22. The first-order valence-electron chi connectivity index (χ1n) is 8.29. The van der Waals surface area contributed by atoms with Gasteiger partial charge in [0.15, 0.2) is 5.82 Å². The van der Waals surface area contributed by atoms with Crippen LogP contribution in [0.1, 0.15) is 23.2 Å². The van der Waals surface area contributed by atoms with Gasteiger partial charge in [-0.25, -0.2) is 14.4 Å². The minimum absolute atomic E-state index is 0.0680. The number of halogens is 1. The summed E-state index contributed by atoms with van der Waals surface area (Å²) in [6.07, 6.45) is 7.19. The highest BCUT2D eigenvalue weighted by atomic mass is 19.1. The lowest BCUT2D eigenvalue weighted by atomic mass is 10.0. The predicted octanol–water partition coefficient (Wildman–Crippen LogP) is 1.18. The number of aromatic nitrogens is 3. The van der Waals surface area contributed by atoms with E-state index < -0.39 is 5.82 Å². The van der Waals surface area contributed by atoms with Crippen LogP contribution in [0.3, 0.4) is 0 Å². The van der Waals surface area contributed by atoms with Crippen LogP contribution in [0.15, 0.2) is 36.9 Å². The zero-order valence-corrected chi connectivity index (χ0v) is 13.5. The third-order valence-electron chi connectivity index (χ3n) is 4.63. The van der Waals surface area contributed by atoms with Gasteiger partial charge in [-0.15, -0.1) is 0 Å². The normalized spacial score (nSPS) is 25.5. The van der Waals surface area contributed by atoms with Crippen molar-refractivity contribution in [3.05, 3.63) is 48.3 Å². The second kappa shape index (κ2) is 6.72. The summed E-state index contributed by atoms with van der Waals surface area (Å²) in [5.41, 5.74) is 0.506. The van der Waals surface area contributed by atoms with Gasteiger partial charge in [-0.2, -0.15) is 0 Å². The Bertz CT molecular complexity index is 742. The van der Waals surface area contributed by atoms with Crippen molar-refractivity contribution in [1.29, 1.82) is 0 Å². The predicted molar refractivity (Wildman–Crippen MR) is 87.6 cm³/mol. The average Bonchev–Trinajstić information content (AvgIpc) is 3.02. The lowest BCUT2D eigenvalue weighted by molar-refractivity contribution is 0.000624. The Morgan fingerprint density at radius 1 is 1.32 bits per heavy atom. The first-order valence-corrected chi connectivity index (χ1v) is 8.29. The number of amides is 1. The van der Waals surface area contributed by atoms with Crippen molar-refractivity contribution < 1.29 is 13.9 Å². The fourth-order valence-corrected chi connectivity index (χ4v) is 3.52. The molecule has 25 heavy (non-hydrogen) atoms. The fraction of sp³-hybridized carbons (Fsp3) is 0.412. The summed E-state index contributed by atoms with van der Waals surface area (Å²) < 4.78 is 19.0.